The number of aryl methyl sites for hydroxylation is 1. The van der Waals surface area contributed by atoms with Gasteiger partial charge in [-0.25, -0.2) is 14.3 Å². The van der Waals surface area contributed by atoms with E-state index in [4.69, 9.17) is 4.74 Å². The van der Waals surface area contributed by atoms with E-state index >= 15 is 0 Å². The molecule has 0 saturated carbocycles. The van der Waals surface area contributed by atoms with Crippen molar-refractivity contribution in [2.24, 2.45) is 0 Å². The molecule has 0 N–H and O–H groups in total. The van der Waals surface area contributed by atoms with Crippen molar-refractivity contribution in [2.45, 2.75) is 6.92 Å². The molecule has 0 aliphatic carbocycles. The topological polar surface area (TPSA) is 87.3 Å². The van der Waals surface area contributed by atoms with Crippen LogP contribution in [0.2, 0.25) is 0 Å². The number of nitro benzene ring substituents is 1. The highest BCUT2D eigenvalue weighted by Gasteiger charge is 2.11. The van der Waals surface area contributed by atoms with Crippen LogP contribution in [-0.4, -0.2) is 20.6 Å². The number of rotatable bonds is 2. The summed E-state index contributed by atoms with van der Waals surface area (Å²) in [7, 11) is 0. The van der Waals surface area contributed by atoms with Crippen LogP contribution in [0.4, 0.5) is 10.5 Å². The number of carbonyl (C=O) groups is 1. The highest BCUT2D eigenvalue weighted by atomic mass is 16.6. The molecule has 7 nitrogen and oxygen atoms in total. The summed E-state index contributed by atoms with van der Waals surface area (Å²) in [5, 5.41) is 10.5. The van der Waals surface area contributed by atoms with E-state index in [1.54, 1.807) is 6.92 Å². The second kappa shape index (κ2) is 4.66. The number of non-ortho nitro benzene ring substituents is 1. The Bertz CT molecular complexity index is 589. The van der Waals surface area contributed by atoms with Gasteiger partial charge in [0.05, 0.1) is 4.92 Å². The van der Waals surface area contributed by atoms with Gasteiger partial charge in [-0.15, -0.1) is 0 Å². The second-order valence-electron chi connectivity index (χ2n) is 3.46. The van der Waals surface area contributed by atoms with Crippen LogP contribution in [0.5, 0.6) is 5.75 Å². The molecule has 2 rings (SSSR count). The summed E-state index contributed by atoms with van der Waals surface area (Å²) in [5.74, 6) is 0.737. The van der Waals surface area contributed by atoms with Crippen LogP contribution < -0.4 is 4.74 Å². The lowest BCUT2D eigenvalue weighted by Gasteiger charge is -2.05. The molecule has 0 atom stereocenters. The average molecular weight is 247 g/mol. The third kappa shape index (κ3) is 2.34. The van der Waals surface area contributed by atoms with Crippen LogP contribution in [0.25, 0.3) is 0 Å². The van der Waals surface area contributed by atoms with Gasteiger partial charge in [-0.3, -0.25) is 10.1 Å². The predicted octanol–water partition coefficient (Wildman–Crippen LogP) is 2.15. The molecular weight excluding hydrogens is 238 g/mol. The number of hydrogen-bond donors (Lipinski definition) is 0. The normalized spacial score (nSPS) is 10.1. The Morgan fingerprint density at radius 1 is 1.39 bits per heavy atom. The third-order valence-electron chi connectivity index (χ3n) is 2.28. The summed E-state index contributed by atoms with van der Waals surface area (Å²) >= 11 is 0. The average Bonchev–Trinajstić information content (AvgIpc) is 2.76. The van der Waals surface area contributed by atoms with E-state index in [1.807, 2.05) is 0 Å². The van der Waals surface area contributed by atoms with Crippen LogP contribution in [-0.2, 0) is 0 Å². The van der Waals surface area contributed by atoms with Crippen molar-refractivity contribution < 1.29 is 14.5 Å². The molecule has 0 bridgehead atoms. The zero-order valence-corrected chi connectivity index (χ0v) is 9.44. The van der Waals surface area contributed by atoms with E-state index in [0.717, 1.165) is 0 Å². The maximum atomic E-state index is 11.7. The quantitative estimate of drug-likeness (QED) is 0.599. The highest BCUT2D eigenvalue weighted by molar-refractivity contribution is 5.73. The first-order valence-corrected chi connectivity index (χ1v) is 5.04. The van der Waals surface area contributed by atoms with Crippen molar-refractivity contribution in [3.05, 3.63) is 52.6 Å². The van der Waals surface area contributed by atoms with Gasteiger partial charge in [-0.2, -0.15) is 0 Å². The summed E-state index contributed by atoms with van der Waals surface area (Å²) < 4.78 is 6.27. The molecule has 92 valence electrons. The number of ether oxygens (including phenoxy) is 1. The van der Waals surface area contributed by atoms with E-state index in [1.165, 1.54) is 41.2 Å². The SMILES string of the molecule is Cc1nccn1C(=O)Oc1ccc([N+](=O)[O-])cc1. The Morgan fingerprint density at radius 2 is 2.06 bits per heavy atom. The second-order valence-corrected chi connectivity index (χ2v) is 3.46. The van der Waals surface area contributed by atoms with Crippen LogP contribution in [0, 0.1) is 17.0 Å². The first-order chi connectivity index (χ1) is 8.58. The lowest BCUT2D eigenvalue weighted by molar-refractivity contribution is -0.384. The van der Waals surface area contributed by atoms with Crippen molar-refractivity contribution in [3.63, 3.8) is 0 Å². The number of hydrogen-bond acceptors (Lipinski definition) is 5. The lowest BCUT2D eigenvalue weighted by Crippen LogP contribution is -2.17. The van der Waals surface area contributed by atoms with Gasteiger partial charge in [0, 0.05) is 24.5 Å². The van der Waals surface area contributed by atoms with Gasteiger partial charge >= 0.3 is 6.09 Å². The van der Waals surface area contributed by atoms with Crippen molar-refractivity contribution in [1.29, 1.82) is 0 Å². The fourth-order valence-corrected chi connectivity index (χ4v) is 1.36. The lowest BCUT2D eigenvalue weighted by atomic mass is 10.3. The van der Waals surface area contributed by atoms with E-state index in [-0.39, 0.29) is 11.4 Å². The standard InChI is InChI=1S/C11H9N3O4/c1-8-12-6-7-13(8)11(15)18-10-4-2-9(3-5-10)14(16)17/h2-7H,1H3. The molecular formula is C11H9N3O4. The third-order valence-corrected chi connectivity index (χ3v) is 2.28. The number of nitro groups is 1. The largest absolute Gasteiger partial charge is 0.424 e. The van der Waals surface area contributed by atoms with Gasteiger partial charge < -0.3 is 4.74 Å². The monoisotopic (exact) mass is 247 g/mol. The molecule has 2 aromatic rings. The van der Waals surface area contributed by atoms with Crippen molar-refractivity contribution >= 4 is 11.8 Å². The highest BCUT2D eigenvalue weighted by Crippen LogP contribution is 2.17. The van der Waals surface area contributed by atoms with E-state index in [9.17, 15) is 14.9 Å². The van der Waals surface area contributed by atoms with Gasteiger partial charge in [0.15, 0.2) is 0 Å². The Hall–Kier alpha value is -2.70. The number of nitrogens with zero attached hydrogens (tertiary/aromatic N) is 3. The maximum absolute atomic E-state index is 11.7. The fourth-order valence-electron chi connectivity index (χ4n) is 1.36. The summed E-state index contributed by atoms with van der Waals surface area (Å²) in [4.78, 5) is 25.5. The van der Waals surface area contributed by atoms with Gasteiger partial charge in [-0.1, -0.05) is 0 Å². The predicted molar refractivity (Wildman–Crippen MR) is 61.5 cm³/mol. The molecule has 0 saturated heterocycles. The molecule has 1 heterocycles. The first kappa shape index (κ1) is 11.8. The van der Waals surface area contributed by atoms with Crippen LogP contribution in [0.1, 0.15) is 5.82 Å². The molecule has 0 unspecified atom stereocenters. The van der Waals surface area contributed by atoms with Crippen molar-refractivity contribution in [3.8, 4) is 5.75 Å². The number of imidazole rings is 1. The minimum Gasteiger partial charge on any atom is -0.410 e. The fraction of sp³-hybridized carbons (Fsp3) is 0.0909. The molecule has 18 heavy (non-hydrogen) atoms. The zero-order chi connectivity index (χ0) is 13.1. The Labute approximate surface area is 102 Å². The molecule has 1 aromatic carbocycles. The van der Waals surface area contributed by atoms with Gasteiger partial charge in [0.1, 0.15) is 11.6 Å². The Balaban J connectivity index is 2.13. The Kier molecular flexibility index (Phi) is 3.05. The minimum absolute atomic E-state index is 0.0615. The van der Waals surface area contributed by atoms with Gasteiger partial charge in [0.25, 0.3) is 5.69 Å². The van der Waals surface area contributed by atoms with E-state index < -0.39 is 11.0 Å². The maximum Gasteiger partial charge on any atom is 0.424 e. The van der Waals surface area contributed by atoms with E-state index in [0.29, 0.717) is 5.82 Å². The number of carbonyl (C=O) groups excluding carboxylic acids is 1. The van der Waals surface area contributed by atoms with Crippen molar-refractivity contribution in [2.75, 3.05) is 0 Å². The molecule has 0 radical (unpaired) electrons. The summed E-state index contributed by atoms with van der Waals surface area (Å²) in [6.45, 7) is 1.66. The summed E-state index contributed by atoms with van der Waals surface area (Å²) in [5.41, 5.74) is -0.0615. The van der Waals surface area contributed by atoms with Gasteiger partial charge in [0.2, 0.25) is 0 Å². The Morgan fingerprint density at radius 3 is 2.56 bits per heavy atom. The number of benzene rings is 1. The molecule has 0 aliphatic rings. The molecule has 0 spiro atoms. The molecule has 1 aromatic heterocycles. The first-order valence-electron chi connectivity index (χ1n) is 5.04. The van der Waals surface area contributed by atoms with Crippen LogP contribution in [0.3, 0.4) is 0 Å². The van der Waals surface area contributed by atoms with E-state index in [2.05, 4.69) is 4.98 Å². The van der Waals surface area contributed by atoms with Crippen molar-refractivity contribution in [1.82, 2.24) is 9.55 Å². The molecule has 0 aliphatic heterocycles. The van der Waals surface area contributed by atoms with Gasteiger partial charge in [-0.05, 0) is 19.1 Å². The molecule has 7 heteroatoms. The summed E-state index contributed by atoms with van der Waals surface area (Å²) in [6, 6.07) is 5.26. The molecule has 0 amide bonds. The summed E-state index contributed by atoms with van der Waals surface area (Å²) in [6.07, 6.45) is 2.34. The minimum atomic E-state index is -0.612. The van der Waals surface area contributed by atoms with Crippen LogP contribution in [0.15, 0.2) is 36.7 Å². The smallest absolute Gasteiger partial charge is 0.410 e. The molecule has 0 fully saturated rings. The van der Waals surface area contributed by atoms with Crippen LogP contribution >= 0.6 is 0 Å². The number of aromatic nitrogens is 2. The zero-order valence-electron chi connectivity index (χ0n) is 9.44.